The topological polar surface area (TPSA) is 90.0 Å². The monoisotopic (exact) mass is 442 g/mol. The largest absolute Gasteiger partial charge is 0.347 e. The number of amides is 1. The van der Waals surface area contributed by atoms with Gasteiger partial charge in [0, 0.05) is 42.2 Å². The number of nitrogens with two attached hydrogens (primary N) is 1. The second-order valence-corrected chi connectivity index (χ2v) is 7.74. The van der Waals surface area contributed by atoms with E-state index in [1.807, 2.05) is 60.7 Å². The van der Waals surface area contributed by atoms with Gasteiger partial charge in [0.1, 0.15) is 5.82 Å². The van der Waals surface area contributed by atoms with E-state index >= 15 is 0 Å². The Balaban J connectivity index is 1.58. The summed E-state index contributed by atoms with van der Waals surface area (Å²) in [6.45, 7) is 0. The Morgan fingerprint density at radius 1 is 1.00 bits per heavy atom. The number of halogens is 1. The van der Waals surface area contributed by atoms with Crippen molar-refractivity contribution >= 4 is 11.6 Å². The average Bonchev–Trinajstić information content (AvgIpc) is 2.82. The molecule has 0 bridgehead atoms. The number of carbonyl (C=O) groups excluding carboxylic acids is 1. The molecule has 4 rings (SSSR count). The smallest absolute Gasteiger partial charge is 0.325 e. The minimum Gasteiger partial charge on any atom is -0.325 e. The summed E-state index contributed by atoms with van der Waals surface area (Å²) in [7, 11) is 1.54. The third-order valence-corrected chi connectivity index (χ3v) is 5.48. The maximum absolute atomic E-state index is 14.8. The summed E-state index contributed by atoms with van der Waals surface area (Å²) in [6.07, 6.45) is 2.82. The molecule has 1 amide bonds. The van der Waals surface area contributed by atoms with E-state index in [2.05, 4.69) is 10.3 Å². The first-order valence-electron chi connectivity index (χ1n) is 10.4. The zero-order chi connectivity index (χ0) is 23.4. The standard InChI is InChI=1S/C26H23FN4O2/c1-31-16-19(15-29-26(31)33)21-13-12-20(14-22(21)27)30-25(32)24(28)23(17-8-4-2-5-9-17)18-10-6-3-7-11-18/h2-16,23-24H,28H2,1H3,(H,30,32). The lowest BCUT2D eigenvalue weighted by Gasteiger charge is -2.24. The number of nitrogens with one attached hydrogen (secondary N) is 1. The molecule has 0 aliphatic rings. The van der Waals surface area contributed by atoms with Crippen molar-refractivity contribution in [2.45, 2.75) is 12.0 Å². The van der Waals surface area contributed by atoms with E-state index in [0.717, 1.165) is 11.1 Å². The maximum atomic E-state index is 14.8. The summed E-state index contributed by atoms with van der Waals surface area (Å²) in [4.78, 5) is 28.2. The van der Waals surface area contributed by atoms with Crippen LogP contribution in [0, 0.1) is 5.82 Å². The first-order chi connectivity index (χ1) is 15.9. The minimum atomic E-state index is -0.898. The summed E-state index contributed by atoms with van der Waals surface area (Å²) in [5, 5.41) is 2.73. The molecule has 3 N–H and O–H groups in total. The molecule has 0 spiro atoms. The van der Waals surface area contributed by atoms with Crippen LogP contribution in [0.1, 0.15) is 17.0 Å². The van der Waals surface area contributed by atoms with Crippen molar-refractivity contribution < 1.29 is 9.18 Å². The van der Waals surface area contributed by atoms with Crippen molar-refractivity contribution in [3.63, 3.8) is 0 Å². The number of benzene rings is 3. The van der Waals surface area contributed by atoms with Gasteiger partial charge >= 0.3 is 5.69 Å². The van der Waals surface area contributed by atoms with Crippen LogP contribution in [-0.4, -0.2) is 21.5 Å². The number of anilines is 1. The van der Waals surface area contributed by atoms with Gasteiger partial charge in [-0.3, -0.25) is 4.79 Å². The van der Waals surface area contributed by atoms with E-state index in [9.17, 15) is 14.0 Å². The van der Waals surface area contributed by atoms with Gasteiger partial charge in [-0.05, 0) is 29.3 Å². The van der Waals surface area contributed by atoms with Gasteiger partial charge in [0.2, 0.25) is 5.91 Å². The number of aryl methyl sites for hydroxylation is 1. The fourth-order valence-electron chi connectivity index (χ4n) is 3.78. The fourth-order valence-corrected chi connectivity index (χ4v) is 3.78. The second kappa shape index (κ2) is 9.58. The molecule has 166 valence electrons. The molecule has 0 saturated heterocycles. The summed E-state index contributed by atoms with van der Waals surface area (Å²) in [6, 6.07) is 22.6. The van der Waals surface area contributed by atoms with Gasteiger partial charge in [-0.25, -0.2) is 14.2 Å². The number of nitrogens with zero attached hydrogens (tertiary/aromatic N) is 2. The number of aromatic nitrogens is 2. The summed E-state index contributed by atoms with van der Waals surface area (Å²) >= 11 is 0. The lowest BCUT2D eigenvalue weighted by Crippen LogP contribution is -2.41. The van der Waals surface area contributed by atoms with E-state index in [0.29, 0.717) is 5.56 Å². The Morgan fingerprint density at radius 3 is 2.15 bits per heavy atom. The zero-order valence-corrected chi connectivity index (χ0v) is 18.0. The third kappa shape index (κ3) is 4.88. The first-order valence-corrected chi connectivity index (χ1v) is 10.4. The third-order valence-electron chi connectivity index (χ3n) is 5.48. The van der Waals surface area contributed by atoms with Crippen molar-refractivity contribution in [1.29, 1.82) is 0 Å². The lowest BCUT2D eigenvalue weighted by atomic mass is 9.85. The fraction of sp³-hybridized carbons (Fsp3) is 0.115. The molecule has 0 radical (unpaired) electrons. The highest BCUT2D eigenvalue weighted by molar-refractivity contribution is 5.96. The van der Waals surface area contributed by atoms with E-state index in [1.165, 1.54) is 29.1 Å². The Kier molecular flexibility index (Phi) is 6.42. The molecule has 0 fully saturated rings. The van der Waals surface area contributed by atoms with E-state index in [4.69, 9.17) is 5.73 Å². The lowest BCUT2D eigenvalue weighted by molar-refractivity contribution is -0.117. The van der Waals surface area contributed by atoms with Crippen LogP contribution in [0.3, 0.4) is 0 Å². The van der Waals surface area contributed by atoms with Crippen LogP contribution in [0.4, 0.5) is 10.1 Å². The molecule has 0 saturated carbocycles. The highest BCUT2D eigenvalue weighted by Gasteiger charge is 2.28. The van der Waals surface area contributed by atoms with Crippen molar-refractivity contribution in [2.24, 2.45) is 12.8 Å². The molecule has 1 heterocycles. The first kappa shape index (κ1) is 22.1. The van der Waals surface area contributed by atoms with Crippen molar-refractivity contribution in [3.05, 3.63) is 119 Å². The number of hydrogen-bond acceptors (Lipinski definition) is 4. The summed E-state index contributed by atoms with van der Waals surface area (Å²) in [5.41, 5.74) is 8.83. The average molecular weight is 442 g/mol. The van der Waals surface area contributed by atoms with E-state index in [-0.39, 0.29) is 17.2 Å². The van der Waals surface area contributed by atoms with E-state index < -0.39 is 23.5 Å². The van der Waals surface area contributed by atoms with Crippen molar-refractivity contribution in [1.82, 2.24) is 9.55 Å². The molecule has 4 aromatic rings. The molecule has 1 atom stereocenters. The van der Waals surface area contributed by atoms with E-state index in [1.54, 1.807) is 13.1 Å². The van der Waals surface area contributed by atoms with Gasteiger partial charge in [0.15, 0.2) is 0 Å². The van der Waals surface area contributed by atoms with Crippen LogP contribution in [0.15, 0.2) is 96.1 Å². The molecule has 3 aromatic carbocycles. The number of carbonyl (C=O) groups is 1. The second-order valence-electron chi connectivity index (χ2n) is 7.74. The van der Waals surface area contributed by atoms with Crippen LogP contribution >= 0.6 is 0 Å². The predicted octanol–water partition coefficient (Wildman–Crippen LogP) is 3.68. The molecule has 6 nitrogen and oxygen atoms in total. The quantitative estimate of drug-likeness (QED) is 0.477. The summed E-state index contributed by atoms with van der Waals surface area (Å²) < 4.78 is 16.1. The molecule has 33 heavy (non-hydrogen) atoms. The van der Waals surface area contributed by atoms with Crippen molar-refractivity contribution in [3.8, 4) is 11.1 Å². The highest BCUT2D eigenvalue weighted by Crippen LogP contribution is 2.29. The highest BCUT2D eigenvalue weighted by atomic mass is 19.1. The van der Waals surface area contributed by atoms with Gasteiger partial charge < -0.3 is 15.6 Å². The Bertz CT molecular complexity index is 1280. The van der Waals surface area contributed by atoms with Gasteiger partial charge in [-0.15, -0.1) is 0 Å². The molecule has 1 aromatic heterocycles. The van der Waals surface area contributed by atoms with Crippen LogP contribution in [0.25, 0.3) is 11.1 Å². The van der Waals surface area contributed by atoms with Crippen LogP contribution in [0.2, 0.25) is 0 Å². The van der Waals surface area contributed by atoms with Gasteiger partial charge in [-0.2, -0.15) is 0 Å². The normalized spacial score (nSPS) is 11.9. The van der Waals surface area contributed by atoms with Crippen LogP contribution < -0.4 is 16.7 Å². The molecular weight excluding hydrogens is 419 g/mol. The molecule has 1 unspecified atom stereocenters. The number of rotatable bonds is 6. The predicted molar refractivity (Wildman–Crippen MR) is 126 cm³/mol. The Morgan fingerprint density at radius 2 is 1.61 bits per heavy atom. The van der Waals surface area contributed by atoms with Gasteiger partial charge in [0.25, 0.3) is 0 Å². The van der Waals surface area contributed by atoms with Gasteiger partial charge in [0.05, 0.1) is 6.04 Å². The molecule has 0 aliphatic heterocycles. The summed E-state index contributed by atoms with van der Waals surface area (Å²) in [5.74, 6) is -1.35. The van der Waals surface area contributed by atoms with Crippen molar-refractivity contribution in [2.75, 3.05) is 5.32 Å². The molecular formula is C26H23FN4O2. The molecule has 0 aliphatic carbocycles. The number of hydrogen-bond donors (Lipinski definition) is 2. The van der Waals surface area contributed by atoms with Crippen LogP contribution in [-0.2, 0) is 11.8 Å². The van der Waals surface area contributed by atoms with Crippen LogP contribution in [0.5, 0.6) is 0 Å². The maximum Gasteiger partial charge on any atom is 0.347 e. The Labute approximate surface area is 190 Å². The zero-order valence-electron chi connectivity index (χ0n) is 18.0. The van der Waals surface area contributed by atoms with Gasteiger partial charge in [-0.1, -0.05) is 60.7 Å². The molecule has 7 heteroatoms. The Hall–Kier alpha value is -4.10. The minimum absolute atomic E-state index is 0.270. The SMILES string of the molecule is Cn1cc(-c2ccc(NC(=O)C(N)C(c3ccccc3)c3ccccc3)cc2F)cnc1=O.